The van der Waals surface area contributed by atoms with Crippen LogP contribution in [0.2, 0.25) is 0 Å². The Labute approximate surface area is 127 Å². The van der Waals surface area contributed by atoms with Gasteiger partial charge in [-0.15, -0.1) is 0 Å². The third kappa shape index (κ3) is 3.14. The molecule has 0 aromatic heterocycles. The Hall–Kier alpha value is -1.31. The van der Waals surface area contributed by atoms with Crippen LogP contribution in [0.3, 0.4) is 0 Å². The van der Waals surface area contributed by atoms with Gasteiger partial charge in [0.2, 0.25) is 0 Å². The molecule has 2 aliphatic carbocycles. The summed E-state index contributed by atoms with van der Waals surface area (Å²) in [5.74, 6) is 1.71. The van der Waals surface area contributed by atoms with Crippen molar-refractivity contribution in [2.75, 3.05) is 0 Å². The minimum Gasteiger partial charge on any atom is -0.481 e. The van der Waals surface area contributed by atoms with Crippen LogP contribution in [-0.4, -0.2) is 11.1 Å². The molecule has 2 nitrogen and oxygen atoms in total. The van der Waals surface area contributed by atoms with E-state index in [9.17, 15) is 9.90 Å². The minimum absolute atomic E-state index is 0.100. The summed E-state index contributed by atoms with van der Waals surface area (Å²) < 4.78 is 0. The molecule has 5 atom stereocenters. The summed E-state index contributed by atoms with van der Waals surface area (Å²) in [5.41, 5.74) is 1.41. The predicted molar refractivity (Wildman–Crippen MR) is 84.2 cm³/mol. The molecule has 0 radical (unpaired) electrons. The SMILES string of the molecule is CCCC1CCC(C(=O)O)C(C2CC2c2ccccc2)C1. The fourth-order valence-corrected chi connectivity index (χ4v) is 4.52. The number of hydrogen-bond donors (Lipinski definition) is 1. The van der Waals surface area contributed by atoms with Gasteiger partial charge < -0.3 is 5.11 Å². The second-order valence-electron chi connectivity index (χ2n) is 6.99. The van der Waals surface area contributed by atoms with Crippen LogP contribution in [0.1, 0.15) is 56.9 Å². The molecule has 0 bridgehead atoms. The predicted octanol–water partition coefficient (Wildman–Crippen LogP) is 4.71. The zero-order chi connectivity index (χ0) is 14.8. The van der Waals surface area contributed by atoms with Crippen LogP contribution in [0.25, 0.3) is 0 Å². The molecule has 0 aliphatic heterocycles. The van der Waals surface area contributed by atoms with Gasteiger partial charge in [-0.25, -0.2) is 0 Å². The third-order valence-corrected chi connectivity index (χ3v) is 5.64. The van der Waals surface area contributed by atoms with Gasteiger partial charge in [-0.1, -0.05) is 50.1 Å². The van der Waals surface area contributed by atoms with Gasteiger partial charge in [0, 0.05) is 0 Å². The highest BCUT2D eigenvalue weighted by molar-refractivity contribution is 5.70. The highest BCUT2D eigenvalue weighted by Crippen LogP contribution is 2.57. The lowest BCUT2D eigenvalue weighted by molar-refractivity contribution is -0.146. The van der Waals surface area contributed by atoms with Crippen molar-refractivity contribution >= 4 is 5.97 Å². The topological polar surface area (TPSA) is 37.3 Å². The lowest BCUT2D eigenvalue weighted by Crippen LogP contribution is -2.32. The number of benzene rings is 1. The summed E-state index contributed by atoms with van der Waals surface area (Å²) >= 11 is 0. The van der Waals surface area contributed by atoms with Crippen molar-refractivity contribution in [1.82, 2.24) is 0 Å². The van der Waals surface area contributed by atoms with E-state index in [0.717, 1.165) is 25.2 Å². The summed E-state index contributed by atoms with van der Waals surface area (Å²) in [6.07, 6.45) is 6.83. The second kappa shape index (κ2) is 6.21. The van der Waals surface area contributed by atoms with Crippen LogP contribution in [0, 0.1) is 23.7 Å². The summed E-state index contributed by atoms with van der Waals surface area (Å²) in [6.45, 7) is 2.24. The zero-order valence-corrected chi connectivity index (χ0v) is 12.9. The molecule has 2 saturated carbocycles. The molecule has 0 saturated heterocycles. The standard InChI is InChI=1S/C19H26O2/c1-2-6-13-9-10-15(19(20)21)17(11-13)18-12-16(18)14-7-4-3-5-8-14/h3-5,7-8,13,15-18H,2,6,9-12H2,1H3,(H,20,21). The van der Waals surface area contributed by atoms with Crippen molar-refractivity contribution in [1.29, 1.82) is 0 Å². The molecule has 1 aromatic rings. The second-order valence-corrected chi connectivity index (χ2v) is 6.99. The van der Waals surface area contributed by atoms with E-state index in [1.54, 1.807) is 0 Å². The van der Waals surface area contributed by atoms with Crippen molar-refractivity contribution in [3.63, 3.8) is 0 Å². The molecular formula is C19H26O2. The first-order valence-electron chi connectivity index (χ1n) is 8.48. The number of rotatable bonds is 5. The van der Waals surface area contributed by atoms with Crippen LogP contribution in [-0.2, 0) is 4.79 Å². The van der Waals surface area contributed by atoms with Gasteiger partial charge in [-0.2, -0.15) is 0 Å². The van der Waals surface area contributed by atoms with Gasteiger partial charge in [0.15, 0.2) is 0 Å². The summed E-state index contributed by atoms with van der Waals surface area (Å²) in [4.78, 5) is 11.6. The third-order valence-electron chi connectivity index (χ3n) is 5.64. The molecular weight excluding hydrogens is 260 g/mol. The fraction of sp³-hybridized carbons (Fsp3) is 0.632. The summed E-state index contributed by atoms with van der Waals surface area (Å²) in [6, 6.07) is 10.7. The van der Waals surface area contributed by atoms with Gasteiger partial charge in [0.25, 0.3) is 0 Å². The van der Waals surface area contributed by atoms with Crippen molar-refractivity contribution < 1.29 is 9.90 Å². The smallest absolute Gasteiger partial charge is 0.306 e. The number of carbonyl (C=O) groups is 1. The van der Waals surface area contributed by atoms with Crippen LogP contribution < -0.4 is 0 Å². The first-order valence-corrected chi connectivity index (χ1v) is 8.48. The average Bonchev–Trinajstić information content (AvgIpc) is 3.28. The summed E-state index contributed by atoms with van der Waals surface area (Å²) in [5, 5.41) is 9.56. The highest BCUT2D eigenvalue weighted by Gasteiger charge is 2.49. The lowest BCUT2D eigenvalue weighted by Gasteiger charge is -2.34. The highest BCUT2D eigenvalue weighted by atomic mass is 16.4. The zero-order valence-electron chi connectivity index (χ0n) is 12.9. The van der Waals surface area contributed by atoms with Gasteiger partial charge in [0.05, 0.1) is 5.92 Å². The Morgan fingerprint density at radius 2 is 1.90 bits per heavy atom. The Morgan fingerprint density at radius 1 is 1.14 bits per heavy atom. The number of aliphatic carboxylic acids is 1. The number of carboxylic acid groups (broad SMARTS) is 1. The number of hydrogen-bond acceptors (Lipinski definition) is 1. The molecule has 2 aliphatic rings. The first-order chi connectivity index (χ1) is 10.2. The van der Waals surface area contributed by atoms with Crippen LogP contribution in [0.4, 0.5) is 0 Å². The Morgan fingerprint density at radius 3 is 2.57 bits per heavy atom. The lowest BCUT2D eigenvalue weighted by atomic mass is 9.70. The maximum atomic E-state index is 11.6. The molecule has 0 spiro atoms. The minimum atomic E-state index is -0.561. The van der Waals surface area contributed by atoms with E-state index < -0.39 is 5.97 Å². The maximum Gasteiger partial charge on any atom is 0.306 e. The van der Waals surface area contributed by atoms with Crippen molar-refractivity contribution in [3.05, 3.63) is 35.9 Å². The molecule has 114 valence electrons. The number of carboxylic acids is 1. The van der Waals surface area contributed by atoms with Crippen molar-refractivity contribution in [3.8, 4) is 0 Å². The van der Waals surface area contributed by atoms with E-state index >= 15 is 0 Å². The van der Waals surface area contributed by atoms with Gasteiger partial charge >= 0.3 is 5.97 Å². The Balaban J connectivity index is 1.70. The molecule has 3 rings (SSSR count). The molecule has 5 unspecified atom stereocenters. The first kappa shape index (κ1) is 14.6. The van der Waals surface area contributed by atoms with Crippen LogP contribution >= 0.6 is 0 Å². The quantitative estimate of drug-likeness (QED) is 0.851. The molecule has 2 fully saturated rings. The summed E-state index contributed by atoms with van der Waals surface area (Å²) in [7, 11) is 0. The van der Waals surface area contributed by atoms with Gasteiger partial charge in [0.1, 0.15) is 0 Å². The monoisotopic (exact) mass is 286 g/mol. The van der Waals surface area contributed by atoms with Crippen LogP contribution in [0.15, 0.2) is 30.3 Å². The Kier molecular flexibility index (Phi) is 4.32. The van der Waals surface area contributed by atoms with E-state index in [1.165, 1.54) is 24.8 Å². The van der Waals surface area contributed by atoms with Crippen molar-refractivity contribution in [2.24, 2.45) is 23.7 Å². The molecule has 21 heavy (non-hydrogen) atoms. The normalized spacial score (nSPS) is 35.4. The van der Waals surface area contributed by atoms with E-state index in [0.29, 0.717) is 17.8 Å². The fourth-order valence-electron chi connectivity index (χ4n) is 4.52. The van der Waals surface area contributed by atoms with E-state index in [-0.39, 0.29) is 5.92 Å². The van der Waals surface area contributed by atoms with Crippen LogP contribution in [0.5, 0.6) is 0 Å². The van der Waals surface area contributed by atoms with Crippen molar-refractivity contribution in [2.45, 2.75) is 51.4 Å². The Bertz CT molecular complexity index is 482. The molecule has 2 heteroatoms. The van der Waals surface area contributed by atoms with E-state index in [1.807, 2.05) is 0 Å². The molecule has 0 heterocycles. The molecule has 1 aromatic carbocycles. The van der Waals surface area contributed by atoms with Gasteiger partial charge in [-0.05, 0) is 54.9 Å². The van der Waals surface area contributed by atoms with E-state index in [4.69, 9.17) is 0 Å². The van der Waals surface area contributed by atoms with E-state index in [2.05, 4.69) is 37.3 Å². The maximum absolute atomic E-state index is 11.6. The molecule has 0 amide bonds. The molecule has 1 N–H and O–H groups in total. The largest absolute Gasteiger partial charge is 0.481 e. The van der Waals surface area contributed by atoms with Gasteiger partial charge in [-0.3, -0.25) is 4.79 Å². The average molecular weight is 286 g/mol.